The third kappa shape index (κ3) is 5.69. The van der Waals surface area contributed by atoms with Gasteiger partial charge in [0.2, 0.25) is 15.9 Å². The highest BCUT2D eigenvalue weighted by molar-refractivity contribution is 7.92. The number of carbonyl (C=O) groups is 1. The quantitative estimate of drug-likeness (QED) is 0.621. The van der Waals surface area contributed by atoms with Gasteiger partial charge in [-0.3, -0.25) is 9.10 Å². The van der Waals surface area contributed by atoms with E-state index in [-0.39, 0.29) is 18.2 Å². The van der Waals surface area contributed by atoms with Crippen LogP contribution in [0.5, 0.6) is 11.5 Å². The fourth-order valence-electron chi connectivity index (χ4n) is 3.73. The average Bonchev–Trinajstić information content (AvgIpc) is 2.86. The highest BCUT2D eigenvalue weighted by atomic mass is 32.2. The second-order valence-electron chi connectivity index (χ2n) is 7.78. The zero-order valence-electron chi connectivity index (χ0n) is 18.7. The highest BCUT2D eigenvalue weighted by Crippen LogP contribution is 2.34. The fraction of sp³-hybridized carbons (Fsp3) is 0.435. The lowest BCUT2D eigenvalue weighted by Crippen LogP contribution is -2.41. The van der Waals surface area contributed by atoms with Gasteiger partial charge in [-0.15, -0.1) is 0 Å². The van der Waals surface area contributed by atoms with Crippen LogP contribution in [0.25, 0.3) is 0 Å². The van der Waals surface area contributed by atoms with Crippen molar-refractivity contribution in [3.05, 3.63) is 48.0 Å². The minimum Gasteiger partial charge on any atom is -0.486 e. The standard InChI is InChI=1S/C23H29N3O6S/c1-2-33(28,29)26(20-7-8-21-22(15-20)32-14-13-31-21)17-23(27)24-16-18-3-5-19(6-4-18)25-9-11-30-12-10-25/h3-8,15H,2,9-14,16-17H2,1H3,(H,24,27). The molecule has 0 atom stereocenters. The molecule has 9 nitrogen and oxygen atoms in total. The van der Waals surface area contributed by atoms with Crippen LogP contribution >= 0.6 is 0 Å². The van der Waals surface area contributed by atoms with Crippen molar-refractivity contribution in [3.63, 3.8) is 0 Å². The number of nitrogens with zero attached hydrogens (tertiary/aromatic N) is 2. The van der Waals surface area contributed by atoms with E-state index in [0.29, 0.717) is 36.9 Å². The summed E-state index contributed by atoms with van der Waals surface area (Å²) in [6.45, 7) is 5.53. The molecule has 0 radical (unpaired) electrons. The van der Waals surface area contributed by atoms with E-state index in [1.807, 2.05) is 24.3 Å². The van der Waals surface area contributed by atoms with Gasteiger partial charge in [0.1, 0.15) is 19.8 Å². The van der Waals surface area contributed by atoms with Crippen LogP contribution in [0.15, 0.2) is 42.5 Å². The Balaban J connectivity index is 1.40. The van der Waals surface area contributed by atoms with Gasteiger partial charge in [-0.25, -0.2) is 8.42 Å². The van der Waals surface area contributed by atoms with Crippen molar-refractivity contribution in [2.45, 2.75) is 13.5 Å². The number of sulfonamides is 1. The first-order valence-electron chi connectivity index (χ1n) is 11.0. The first-order valence-corrected chi connectivity index (χ1v) is 12.7. The molecule has 1 N–H and O–H groups in total. The second kappa shape index (κ2) is 10.3. The van der Waals surface area contributed by atoms with Crippen molar-refractivity contribution in [1.29, 1.82) is 0 Å². The van der Waals surface area contributed by atoms with E-state index >= 15 is 0 Å². The number of hydrogen-bond acceptors (Lipinski definition) is 7. The summed E-state index contributed by atoms with van der Waals surface area (Å²) >= 11 is 0. The topological polar surface area (TPSA) is 97.4 Å². The molecule has 2 aromatic carbocycles. The molecule has 2 aromatic rings. The summed E-state index contributed by atoms with van der Waals surface area (Å²) in [5.41, 5.74) is 2.42. The lowest BCUT2D eigenvalue weighted by molar-refractivity contribution is -0.119. The first-order chi connectivity index (χ1) is 16.0. The molecule has 2 aliphatic rings. The fourth-order valence-corrected chi connectivity index (χ4v) is 4.79. The molecule has 1 saturated heterocycles. The van der Waals surface area contributed by atoms with Gasteiger partial charge in [0.05, 0.1) is 24.7 Å². The van der Waals surface area contributed by atoms with Crippen molar-refractivity contribution in [2.24, 2.45) is 0 Å². The summed E-state index contributed by atoms with van der Waals surface area (Å²) < 4.78 is 43.0. The van der Waals surface area contributed by atoms with Crippen LogP contribution in [0.1, 0.15) is 12.5 Å². The monoisotopic (exact) mass is 475 g/mol. The van der Waals surface area contributed by atoms with Crippen LogP contribution in [0.2, 0.25) is 0 Å². The van der Waals surface area contributed by atoms with Crippen molar-refractivity contribution in [2.75, 3.05) is 61.0 Å². The number of anilines is 2. The van der Waals surface area contributed by atoms with Crippen molar-refractivity contribution in [3.8, 4) is 11.5 Å². The van der Waals surface area contributed by atoms with Crippen molar-refractivity contribution >= 4 is 27.3 Å². The predicted octanol–water partition coefficient (Wildman–Crippen LogP) is 1.77. The van der Waals surface area contributed by atoms with Crippen LogP contribution in [0.3, 0.4) is 0 Å². The number of nitrogens with one attached hydrogen (secondary N) is 1. The lowest BCUT2D eigenvalue weighted by atomic mass is 10.2. The number of morpholine rings is 1. The van der Waals surface area contributed by atoms with Crippen molar-refractivity contribution in [1.82, 2.24) is 5.32 Å². The summed E-state index contributed by atoms with van der Waals surface area (Å²) in [5.74, 6) is 0.511. The minimum atomic E-state index is -3.68. The molecule has 0 unspecified atom stereocenters. The second-order valence-corrected chi connectivity index (χ2v) is 9.96. The van der Waals surface area contributed by atoms with Crippen LogP contribution < -0.4 is 24.0 Å². The molecule has 1 amide bonds. The maximum atomic E-state index is 12.7. The van der Waals surface area contributed by atoms with Gasteiger partial charge in [0, 0.05) is 31.4 Å². The molecule has 4 rings (SSSR count). The Morgan fingerprint density at radius 2 is 1.70 bits per heavy atom. The normalized spacial score (nSPS) is 15.7. The number of fused-ring (bicyclic) bond motifs is 1. The molecule has 0 aromatic heterocycles. The molecule has 2 aliphatic heterocycles. The van der Waals surface area contributed by atoms with Crippen molar-refractivity contribution < 1.29 is 27.4 Å². The molecule has 0 saturated carbocycles. The Kier molecular flexibility index (Phi) is 7.24. The molecule has 10 heteroatoms. The Morgan fingerprint density at radius 1 is 1.00 bits per heavy atom. The molecule has 33 heavy (non-hydrogen) atoms. The third-order valence-electron chi connectivity index (χ3n) is 5.60. The zero-order valence-corrected chi connectivity index (χ0v) is 19.5. The van der Waals surface area contributed by atoms with Crippen LogP contribution in [0, 0.1) is 0 Å². The van der Waals surface area contributed by atoms with Gasteiger partial charge >= 0.3 is 0 Å². The van der Waals surface area contributed by atoms with E-state index in [4.69, 9.17) is 14.2 Å². The van der Waals surface area contributed by atoms with Crippen LogP contribution in [-0.2, 0) is 26.1 Å². The maximum Gasteiger partial charge on any atom is 0.241 e. The summed E-state index contributed by atoms with van der Waals surface area (Å²) in [4.78, 5) is 14.9. The van der Waals surface area contributed by atoms with E-state index in [9.17, 15) is 13.2 Å². The number of ether oxygens (including phenoxy) is 3. The van der Waals surface area contributed by atoms with Gasteiger partial charge < -0.3 is 24.4 Å². The highest BCUT2D eigenvalue weighted by Gasteiger charge is 2.25. The van der Waals surface area contributed by atoms with Gasteiger partial charge in [-0.2, -0.15) is 0 Å². The largest absolute Gasteiger partial charge is 0.486 e. The van der Waals surface area contributed by atoms with E-state index in [1.165, 1.54) is 0 Å². The molecule has 0 spiro atoms. The Hall–Kier alpha value is -2.98. The SMILES string of the molecule is CCS(=O)(=O)N(CC(=O)NCc1ccc(N2CCOCC2)cc1)c1ccc2c(c1)OCCO2. The Morgan fingerprint density at radius 3 is 2.39 bits per heavy atom. The van der Waals surface area contributed by atoms with E-state index < -0.39 is 10.0 Å². The molecular weight excluding hydrogens is 446 g/mol. The van der Waals surface area contributed by atoms with E-state index in [0.717, 1.165) is 41.9 Å². The molecule has 178 valence electrons. The number of carbonyl (C=O) groups excluding carboxylic acids is 1. The predicted molar refractivity (Wildman–Crippen MR) is 126 cm³/mol. The molecule has 0 aliphatic carbocycles. The van der Waals surface area contributed by atoms with Gasteiger partial charge in [0.25, 0.3) is 0 Å². The van der Waals surface area contributed by atoms with Crippen LogP contribution in [-0.4, -0.2) is 66.1 Å². The summed E-state index contributed by atoms with van der Waals surface area (Å²) in [6, 6.07) is 12.9. The van der Waals surface area contributed by atoms with Crippen LogP contribution in [0.4, 0.5) is 11.4 Å². The van der Waals surface area contributed by atoms with Gasteiger partial charge in [0.15, 0.2) is 11.5 Å². The maximum absolute atomic E-state index is 12.7. The summed E-state index contributed by atoms with van der Waals surface area (Å²) in [5, 5.41) is 2.82. The number of amides is 1. The lowest BCUT2D eigenvalue weighted by Gasteiger charge is -2.29. The number of hydrogen-bond donors (Lipinski definition) is 1. The number of rotatable bonds is 8. The average molecular weight is 476 g/mol. The zero-order chi connectivity index (χ0) is 23.3. The Bertz CT molecular complexity index is 1070. The molecular formula is C23H29N3O6S. The van der Waals surface area contributed by atoms with Gasteiger partial charge in [-0.05, 0) is 36.8 Å². The molecule has 0 bridgehead atoms. The van der Waals surface area contributed by atoms with Gasteiger partial charge in [-0.1, -0.05) is 12.1 Å². The summed E-state index contributed by atoms with van der Waals surface area (Å²) in [7, 11) is -3.68. The third-order valence-corrected chi connectivity index (χ3v) is 7.34. The first kappa shape index (κ1) is 23.2. The summed E-state index contributed by atoms with van der Waals surface area (Å²) in [6.07, 6.45) is 0. The number of benzene rings is 2. The Labute approximate surface area is 194 Å². The van der Waals surface area contributed by atoms with E-state index in [1.54, 1.807) is 25.1 Å². The molecule has 1 fully saturated rings. The van der Waals surface area contributed by atoms with E-state index in [2.05, 4.69) is 10.2 Å². The molecule has 2 heterocycles. The smallest absolute Gasteiger partial charge is 0.241 e. The minimum absolute atomic E-state index is 0.127.